The minimum absolute atomic E-state index is 0.0325. The van der Waals surface area contributed by atoms with Gasteiger partial charge in [-0.25, -0.2) is 0 Å². The van der Waals surface area contributed by atoms with E-state index in [1.165, 1.54) is 5.56 Å². The Balaban J connectivity index is 2.82. The van der Waals surface area contributed by atoms with E-state index in [0.29, 0.717) is 0 Å². The lowest BCUT2D eigenvalue weighted by Gasteiger charge is -2.34. The number of rotatable bonds is 3. The molecule has 0 aliphatic rings. The molecule has 0 aliphatic heterocycles. The summed E-state index contributed by atoms with van der Waals surface area (Å²) in [6.07, 6.45) is 2.74. The fraction of sp³-hybridized carbons (Fsp3) is 0.583. The van der Waals surface area contributed by atoms with Crippen molar-refractivity contribution in [2.24, 2.45) is 0 Å². The Hall–Kier alpha value is -0.673. The summed E-state index contributed by atoms with van der Waals surface area (Å²) in [5.74, 6) is 0. The summed E-state index contributed by atoms with van der Waals surface area (Å²) in [6, 6.07) is 4.13. The maximum Gasteiger partial charge on any atom is 0.188 e. The van der Waals surface area contributed by atoms with Crippen LogP contribution in [-0.4, -0.2) is 18.1 Å². The van der Waals surface area contributed by atoms with Gasteiger partial charge in [0.15, 0.2) is 8.32 Å². The Morgan fingerprint density at radius 2 is 1.93 bits per heavy atom. The van der Waals surface area contributed by atoms with Gasteiger partial charge in [-0.15, -0.1) is 0 Å². The van der Waals surface area contributed by atoms with Gasteiger partial charge in [0.1, 0.15) is 0 Å². The highest BCUT2D eigenvalue weighted by Crippen LogP contribution is 2.37. The first-order valence-corrected chi connectivity index (χ1v) is 8.31. The molecule has 0 fully saturated rings. The van der Waals surface area contributed by atoms with E-state index in [9.17, 15) is 4.80 Å². The number of hydrogen-bond donors (Lipinski definition) is 1. The van der Waals surface area contributed by atoms with E-state index >= 15 is 0 Å². The van der Waals surface area contributed by atoms with Crippen LogP contribution in [-0.2, 0) is 6.42 Å². The molecule has 3 heteroatoms. The lowest BCUT2D eigenvalue weighted by atomic mass is 10.1. The Morgan fingerprint density at radius 3 is 2.33 bits per heavy atom. The minimum atomic E-state index is -2.12. The van der Waals surface area contributed by atoms with Gasteiger partial charge in [-0.3, -0.25) is 4.98 Å². The molecule has 0 aromatic carbocycles. The van der Waals surface area contributed by atoms with E-state index in [-0.39, 0.29) is 5.04 Å². The van der Waals surface area contributed by atoms with E-state index in [1.54, 1.807) is 0 Å². The second-order valence-electron chi connectivity index (χ2n) is 5.45. The highest BCUT2D eigenvalue weighted by molar-refractivity contribution is 6.72. The monoisotopic (exact) mass is 223 g/mol. The average Bonchev–Trinajstić information content (AvgIpc) is 2.06. The third-order valence-electron chi connectivity index (χ3n) is 3.25. The number of pyridine rings is 1. The van der Waals surface area contributed by atoms with Crippen molar-refractivity contribution in [1.82, 2.24) is 4.98 Å². The van der Waals surface area contributed by atoms with E-state index in [2.05, 4.69) is 31.0 Å². The van der Waals surface area contributed by atoms with Gasteiger partial charge >= 0.3 is 0 Å². The largest absolute Gasteiger partial charge is 0.432 e. The van der Waals surface area contributed by atoms with Gasteiger partial charge in [0.2, 0.25) is 0 Å². The molecule has 1 N–H and O–H groups in total. The zero-order valence-electron chi connectivity index (χ0n) is 10.3. The molecule has 0 unspecified atom stereocenters. The van der Waals surface area contributed by atoms with Crippen molar-refractivity contribution >= 4 is 8.32 Å². The van der Waals surface area contributed by atoms with E-state index in [0.717, 1.165) is 12.1 Å². The van der Waals surface area contributed by atoms with Gasteiger partial charge in [-0.1, -0.05) is 19.9 Å². The van der Waals surface area contributed by atoms with Crippen molar-refractivity contribution < 1.29 is 4.80 Å². The zero-order valence-corrected chi connectivity index (χ0v) is 11.3. The lowest BCUT2D eigenvalue weighted by Crippen LogP contribution is -2.40. The van der Waals surface area contributed by atoms with Crippen LogP contribution in [0.5, 0.6) is 0 Å². The van der Waals surface area contributed by atoms with Crippen molar-refractivity contribution in [3.8, 4) is 0 Å². The molecule has 0 bridgehead atoms. The molecule has 2 nitrogen and oxygen atoms in total. The molecule has 0 spiro atoms. The number of aryl methyl sites for hydroxylation is 1. The van der Waals surface area contributed by atoms with Crippen molar-refractivity contribution in [3.63, 3.8) is 0 Å². The van der Waals surface area contributed by atoms with Crippen molar-refractivity contribution in [2.75, 3.05) is 0 Å². The molecule has 15 heavy (non-hydrogen) atoms. The fourth-order valence-corrected chi connectivity index (χ4v) is 1.89. The quantitative estimate of drug-likeness (QED) is 0.799. The molecule has 0 aliphatic carbocycles. The molecular weight excluding hydrogens is 202 g/mol. The van der Waals surface area contributed by atoms with Crippen LogP contribution in [0.1, 0.15) is 25.1 Å². The molecule has 0 amide bonds. The maximum absolute atomic E-state index is 10.2. The van der Waals surface area contributed by atoms with E-state index in [1.807, 2.05) is 26.2 Å². The summed E-state index contributed by atoms with van der Waals surface area (Å²) in [4.78, 5) is 14.6. The predicted molar refractivity (Wildman–Crippen MR) is 66.4 cm³/mol. The molecule has 0 atom stereocenters. The van der Waals surface area contributed by atoms with Gasteiger partial charge in [0.05, 0.1) is 0 Å². The smallest absolute Gasteiger partial charge is 0.188 e. The van der Waals surface area contributed by atoms with Crippen molar-refractivity contribution in [3.05, 3.63) is 29.6 Å². The molecule has 1 aromatic heterocycles. The molecule has 84 valence electrons. The summed E-state index contributed by atoms with van der Waals surface area (Å²) in [7, 11) is -2.12. The zero-order chi connectivity index (χ0) is 11.7. The van der Waals surface area contributed by atoms with Gasteiger partial charge in [-0.2, -0.15) is 0 Å². The highest BCUT2D eigenvalue weighted by Gasteiger charge is 2.38. The molecule has 1 heterocycles. The van der Waals surface area contributed by atoms with Crippen molar-refractivity contribution in [1.29, 1.82) is 0 Å². The summed E-state index contributed by atoms with van der Waals surface area (Å²) >= 11 is 0. The first-order chi connectivity index (χ1) is 6.72. The third kappa shape index (κ3) is 3.14. The van der Waals surface area contributed by atoms with Crippen LogP contribution >= 0.6 is 0 Å². The minimum Gasteiger partial charge on any atom is -0.432 e. The number of nitrogens with zero attached hydrogens (tertiary/aromatic N) is 1. The normalized spacial score (nSPS) is 12.9. The van der Waals surface area contributed by atoms with Crippen LogP contribution in [0.15, 0.2) is 18.3 Å². The van der Waals surface area contributed by atoms with Crippen LogP contribution in [0, 0.1) is 6.92 Å². The number of aromatic nitrogens is 1. The van der Waals surface area contributed by atoms with Crippen LogP contribution < -0.4 is 0 Å². The van der Waals surface area contributed by atoms with Crippen LogP contribution in [0.4, 0.5) is 0 Å². The molecular formula is C12H21NOSi. The molecule has 0 saturated carbocycles. The Kier molecular flexibility index (Phi) is 3.36. The lowest BCUT2D eigenvalue weighted by molar-refractivity contribution is 0.465. The van der Waals surface area contributed by atoms with Crippen molar-refractivity contribution in [2.45, 2.75) is 45.3 Å². The molecule has 0 saturated heterocycles. The first-order valence-electron chi connectivity index (χ1n) is 5.36. The van der Waals surface area contributed by atoms with Gasteiger partial charge in [0.25, 0.3) is 0 Å². The van der Waals surface area contributed by atoms with Crippen LogP contribution in [0.3, 0.4) is 0 Å². The van der Waals surface area contributed by atoms with Gasteiger partial charge in [-0.05, 0) is 43.1 Å². The van der Waals surface area contributed by atoms with E-state index < -0.39 is 8.32 Å². The summed E-state index contributed by atoms with van der Waals surface area (Å²) in [5.41, 5.74) is 2.25. The van der Waals surface area contributed by atoms with E-state index in [4.69, 9.17) is 0 Å². The standard InChI is InChI=1S/C12H21NOSi/c1-10-6-7-11(13-9-10)8-12(2,3)15(4,5)14/h6-7,9,14H,8H2,1-5H3. The van der Waals surface area contributed by atoms with Crippen LogP contribution in [0.2, 0.25) is 18.1 Å². The second kappa shape index (κ2) is 4.06. The SMILES string of the molecule is Cc1ccc(CC(C)(C)[Si](C)(C)O)nc1. The van der Waals surface area contributed by atoms with Crippen LogP contribution in [0.25, 0.3) is 0 Å². The Labute approximate surface area is 93.5 Å². The highest BCUT2D eigenvalue weighted by atomic mass is 28.4. The fourth-order valence-electron chi connectivity index (χ4n) is 1.27. The number of hydrogen-bond acceptors (Lipinski definition) is 2. The molecule has 1 rings (SSSR count). The Morgan fingerprint density at radius 1 is 1.33 bits per heavy atom. The summed E-state index contributed by atoms with van der Waals surface area (Å²) in [5, 5.41) is -0.0325. The predicted octanol–water partition coefficient (Wildman–Crippen LogP) is 2.91. The molecule has 0 radical (unpaired) electrons. The van der Waals surface area contributed by atoms with Gasteiger partial charge in [0, 0.05) is 11.9 Å². The third-order valence-corrected chi connectivity index (χ3v) is 6.74. The summed E-state index contributed by atoms with van der Waals surface area (Å²) in [6.45, 7) is 10.3. The van der Waals surface area contributed by atoms with Gasteiger partial charge < -0.3 is 4.80 Å². The topological polar surface area (TPSA) is 33.1 Å². The average molecular weight is 223 g/mol. The second-order valence-corrected chi connectivity index (χ2v) is 9.92. The maximum atomic E-state index is 10.2. The first kappa shape index (κ1) is 12.4. The molecule has 1 aromatic rings. The Bertz CT molecular complexity index is 324. The summed E-state index contributed by atoms with van der Waals surface area (Å²) < 4.78 is 0.